The van der Waals surface area contributed by atoms with Crippen molar-refractivity contribution in [3.63, 3.8) is 0 Å². The summed E-state index contributed by atoms with van der Waals surface area (Å²) in [6, 6.07) is 9.88. The fourth-order valence-electron chi connectivity index (χ4n) is 2.86. The number of nitrogens with zero attached hydrogens (tertiary/aromatic N) is 2. The maximum absolute atomic E-state index is 13.0. The summed E-state index contributed by atoms with van der Waals surface area (Å²) in [4.78, 5) is 30.8. The SMILES string of the molecule is CCc1cc2c(=O)n(CCCC(N)=O)c(-c3cccc(C)c3)nc2s1. The second-order valence-corrected chi connectivity index (χ2v) is 7.23. The van der Waals surface area contributed by atoms with Crippen molar-refractivity contribution in [2.75, 3.05) is 0 Å². The van der Waals surface area contributed by atoms with Gasteiger partial charge in [-0.15, -0.1) is 11.3 Å². The van der Waals surface area contributed by atoms with Crippen LogP contribution >= 0.6 is 11.3 Å². The van der Waals surface area contributed by atoms with Gasteiger partial charge in [0.25, 0.3) is 5.56 Å². The van der Waals surface area contributed by atoms with Crippen molar-refractivity contribution in [2.24, 2.45) is 5.73 Å². The molecule has 1 amide bonds. The quantitative estimate of drug-likeness (QED) is 0.737. The van der Waals surface area contributed by atoms with E-state index in [2.05, 4.69) is 6.92 Å². The van der Waals surface area contributed by atoms with Crippen molar-refractivity contribution in [2.45, 2.75) is 39.7 Å². The summed E-state index contributed by atoms with van der Waals surface area (Å²) in [7, 11) is 0. The van der Waals surface area contributed by atoms with E-state index in [1.165, 1.54) is 0 Å². The van der Waals surface area contributed by atoms with Crippen molar-refractivity contribution in [1.82, 2.24) is 9.55 Å². The molecular weight excluding hydrogens is 334 g/mol. The number of hydrogen-bond acceptors (Lipinski definition) is 4. The maximum Gasteiger partial charge on any atom is 0.262 e. The lowest BCUT2D eigenvalue weighted by molar-refractivity contribution is -0.118. The topological polar surface area (TPSA) is 78.0 Å². The number of thiophene rings is 1. The minimum absolute atomic E-state index is 0.0538. The Bertz CT molecular complexity index is 988. The van der Waals surface area contributed by atoms with Gasteiger partial charge in [-0.25, -0.2) is 4.98 Å². The molecule has 0 aliphatic heterocycles. The molecule has 0 atom stereocenters. The molecule has 0 spiro atoms. The van der Waals surface area contributed by atoms with Crippen LogP contribution in [0.25, 0.3) is 21.6 Å². The average molecular weight is 355 g/mol. The number of aromatic nitrogens is 2. The Kier molecular flexibility index (Phi) is 4.99. The molecule has 3 rings (SSSR count). The monoisotopic (exact) mass is 355 g/mol. The number of amides is 1. The molecule has 2 aromatic heterocycles. The van der Waals surface area contributed by atoms with Crippen LogP contribution in [-0.4, -0.2) is 15.5 Å². The first-order valence-corrected chi connectivity index (χ1v) is 9.20. The van der Waals surface area contributed by atoms with Crippen molar-refractivity contribution < 1.29 is 4.79 Å². The Balaban J connectivity index is 2.17. The summed E-state index contributed by atoms with van der Waals surface area (Å²) in [6.45, 7) is 4.50. The molecule has 5 nitrogen and oxygen atoms in total. The van der Waals surface area contributed by atoms with E-state index >= 15 is 0 Å². The van der Waals surface area contributed by atoms with Crippen molar-refractivity contribution in [1.29, 1.82) is 0 Å². The van der Waals surface area contributed by atoms with E-state index in [4.69, 9.17) is 10.7 Å². The minimum Gasteiger partial charge on any atom is -0.370 e. The number of carbonyl (C=O) groups excluding carboxylic acids is 1. The number of carbonyl (C=O) groups is 1. The third-order valence-corrected chi connectivity index (χ3v) is 5.31. The zero-order valence-corrected chi connectivity index (χ0v) is 15.2. The molecule has 2 heterocycles. The van der Waals surface area contributed by atoms with Gasteiger partial charge >= 0.3 is 0 Å². The predicted molar refractivity (Wildman–Crippen MR) is 102 cm³/mol. The highest BCUT2D eigenvalue weighted by atomic mass is 32.1. The molecule has 25 heavy (non-hydrogen) atoms. The minimum atomic E-state index is -0.358. The van der Waals surface area contributed by atoms with E-state index in [1.54, 1.807) is 15.9 Å². The highest BCUT2D eigenvalue weighted by molar-refractivity contribution is 7.18. The smallest absolute Gasteiger partial charge is 0.262 e. The molecule has 0 aliphatic carbocycles. The van der Waals surface area contributed by atoms with Crippen LogP contribution in [0.15, 0.2) is 35.1 Å². The average Bonchev–Trinajstić information content (AvgIpc) is 3.00. The number of benzene rings is 1. The van der Waals surface area contributed by atoms with Gasteiger partial charge in [0, 0.05) is 23.4 Å². The van der Waals surface area contributed by atoms with Gasteiger partial charge in [-0.2, -0.15) is 0 Å². The molecular formula is C19H21N3O2S. The molecule has 0 saturated heterocycles. The third-order valence-electron chi connectivity index (χ3n) is 4.13. The first-order chi connectivity index (χ1) is 12.0. The van der Waals surface area contributed by atoms with E-state index in [9.17, 15) is 9.59 Å². The van der Waals surface area contributed by atoms with Gasteiger partial charge in [0.05, 0.1) is 5.39 Å². The van der Waals surface area contributed by atoms with Crippen molar-refractivity contribution in [3.8, 4) is 11.4 Å². The Morgan fingerprint density at radius 3 is 2.80 bits per heavy atom. The van der Waals surface area contributed by atoms with Gasteiger partial charge in [0.15, 0.2) is 0 Å². The second-order valence-electron chi connectivity index (χ2n) is 6.12. The van der Waals surface area contributed by atoms with Crippen LogP contribution in [0.3, 0.4) is 0 Å². The number of fused-ring (bicyclic) bond motifs is 1. The lowest BCUT2D eigenvalue weighted by Gasteiger charge is -2.12. The highest BCUT2D eigenvalue weighted by Gasteiger charge is 2.15. The molecule has 0 radical (unpaired) electrons. The van der Waals surface area contributed by atoms with Gasteiger partial charge in [0.1, 0.15) is 10.7 Å². The zero-order chi connectivity index (χ0) is 18.0. The van der Waals surface area contributed by atoms with Crippen LogP contribution < -0.4 is 11.3 Å². The van der Waals surface area contributed by atoms with E-state index in [-0.39, 0.29) is 17.9 Å². The molecule has 6 heteroatoms. The highest BCUT2D eigenvalue weighted by Crippen LogP contribution is 2.26. The summed E-state index contributed by atoms with van der Waals surface area (Å²) >= 11 is 1.56. The Morgan fingerprint density at radius 2 is 2.12 bits per heavy atom. The van der Waals surface area contributed by atoms with Crippen molar-refractivity contribution in [3.05, 3.63) is 51.1 Å². The molecule has 1 aromatic carbocycles. The summed E-state index contributed by atoms with van der Waals surface area (Å²) in [5.41, 5.74) is 7.20. The second kappa shape index (κ2) is 7.19. The molecule has 3 aromatic rings. The first-order valence-electron chi connectivity index (χ1n) is 8.38. The normalized spacial score (nSPS) is 11.1. The van der Waals surface area contributed by atoms with Gasteiger partial charge in [-0.05, 0) is 31.9 Å². The number of primary amides is 1. The molecule has 0 saturated carbocycles. The standard InChI is InChI=1S/C19H21N3O2S/c1-3-14-11-15-18(25-14)21-17(13-7-4-6-12(2)10-13)22(19(15)24)9-5-8-16(20)23/h4,6-7,10-11H,3,5,8-9H2,1-2H3,(H2,20,23). The summed E-state index contributed by atoms with van der Waals surface area (Å²) in [5.74, 6) is 0.290. The molecule has 0 bridgehead atoms. The van der Waals surface area contributed by atoms with Crippen LogP contribution in [0.2, 0.25) is 0 Å². The number of aryl methyl sites for hydroxylation is 2. The summed E-state index contributed by atoms with van der Waals surface area (Å²) < 4.78 is 1.67. The Morgan fingerprint density at radius 1 is 1.32 bits per heavy atom. The van der Waals surface area contributed by atoms with Crippen LogP contribution in [-0.2, 0) is 17.8 Å². The fourth-order valence-corrected chi connectivity index (χ4v) is 3.82. The molecule has 0 unspecified atom stereocenters. The Hall–Kier alpha value is -2.47. The van der Waals surface area contributed by atoms with Crippen LogP contribution in [0, 0.1) is 6.92 Å². The Labute approximate surface area is 150 Å². The number of nitrogens with two attached hydrogens (primary N) is 1. The fraction of sp³-hybridized carbons (Fsp3) is 0.316. The van der Waals surface area contributed by atoms with Crippen molar-refractivity contribution >= 4 is 27.5 Å². The van der Waals surface area contributed by atoms with Crippen LogP contribution in [0.5, 0.6) is 0 Å². The van der Waals surface area contributed by atoms with Gasteiger partial charge < -0.3 is 5.73 Å². The lowest BCUT2D eigenvalue weighted by atomic mass is 10.1. The molecule has 0 aliphatic rings. The zero-order valence-electron chi connectivity index (χ0n) is 14.4. The lowest BCUT2D eigenvalue weighted by Crippen LogP contribution is -2.24. The number of hydrogen-bond donors (Lipinski definition) is 1. The maximum atomic E-state index is 13.0. The van der Waals surface area contributed by atoms with E-state index in [1.807, 2.05) is 37.3 Å². The van der Waals surface area contributed by atoms with E-state index < -0.39 is 0 Å². The van der Waals surface area contributed by atoms with Gasteiger partial charge in [-0.1, -0.05) is 30.7 Å². The first kappa shape index (κ1) is 17.4. The van der Waals surface area contributed by atoms with E-state index in [0.717, 1.165) is 27.3 Å². The van der Waals surface area contributed by atoms with Crippen LogP contribution in [0.1, 0.15) is 30.2 Å². The molecule has 0 fully saturated rings. The third kappa shape index (κ3) is 3.64. The predicted octanol–water partition coefficient (Wildman–Crippen LogP) is 3.26. The summed E-state index contributed by atoms with van der Waals surface area (Å²) in [5, 5.41) is 0.650. The molecule has 130 valence electrons. The largest absolute Gasteiger partial charge is 0.370 e. The van der Waals surface area contributed by atoms with E-state index in [0.29, 0.717) is 24.2 Å². The number of rotatable bonds is 6. The molecule has 2 N–H and O–H groups in total. The van der Waals surface area contributed by atoms with Gasteiger partial charge in [0.2, 0.25) is 5.91 Å². The van der Waals surface area contributed by atoms with Crippen LogP contribution in [0.4, 0.5) is 0 Å². The summed E-state index contributed by atoms with van der Waals surface area (Å²) in [6.07, 6.45) is 1.65. The van der Waals surface area contributed by atoms with Gasteiger partial charge in [-0.3, -0.25) is 14.2 Å².